The van der Waals surface area contributed by atoms with Crippen LogP contribution in [-0.2, 0) is 4.79 Å². The zero-order valence-corrected chi connectivity index (χ0v) is 9.84. The summed E-state index contributed by atoms with van der Waals surface area (Å²) < 4.78 is 49.5. The summed E-state index contributed by atoms with van der Waals surface area (Å²) in [5.41, 5.74) is 0.0470. The summed E-state index contributed by atoms with van der Waals surface area (Å²) in [5.74, 6) is -6.69. The van der Waals surface area contributed by atoms with Gasteiger partial charge >= 0.3 is 18.3 Å². The topological polar surface area (TPSA) is 29.1 Å². The van der Waals surface area contributed by atoms with E-state index >= 15 is 0 Å². The highest BCUT2D eigenvalue weighted by Crippen LogP contribution is 2.24. The lowest BCUT2D eigenvalue weighted by atomic mass is 10.3. The van der Waals surface area contributed by atoms with Gasteiger partial charge in [-0.1, -0.05) is 0 Å². The van der Waals surface area contributed by atoms with E-state index in [2.05, 4.69) is 0 Å². The van der Waals surface area contributed by atoms with Gasteiger partial charge in [0, 0.05) is 9.26 Å². The van der Waals surface area contributed by atoms with E-state index in [9.17, 15) is 22.4 Å². The lowest BCUT2D eigenvalue weighted by Crippen LogP contribution is -2.40. The van der Waals surface area contributed by atoms with E-state index < -0.39 is 18.3 Å². The van der Waals surface area contributed by atoms with Crippen LogP contribution in [0.25, 0.3) is 0 Å². The van der Waals surface area contributed by atoms with Crippen LogP contribution in [0.15, 0.2) is 24.3 Å². The van der Waals surface area contributed by atoms with Gasteiger partial charge in [-0.15, -0.1) is 0 Å². The van der Waals surface area contributed by atoms with E-state index in [1.165, 1.54) is 12.1 Å². The highest BCUT2D eigenvalue weighted by atomic mass is 127. The molecule has 1 aromatic rings. The third-order valence-corrected chi connectivity index (χ3v) is 2.40. The highest BCUT2D eigenvalue weighted by molar-refractivity contribution is 14.1. The summed E-state index contributed by atoms with van der Waals surface area (Å²) in [5, 5.41) is 1.72. The van der Waals surface area contributed by atoms with Gasteiger partial charge in [-0.05, 0) is 46.9 Å². The molecule has 0 saturated heterocycles. The molecule has 0 spiro atoms. The van der Waals surface area contributed by atoms with Crippen LogP contribution in [0.1, 0.15) is 0 Å². The van der Waals surface area contributed by atoms with E-state index in [1.54, 1.807) is 17.4 Å². The van der Waals surface area contributed by atoms with Crippen molar-refractivity contribution in [3.8, 4) is 0 Å². The number of alkyl halides is 4. The van der Waals surface area contributed by atoms with Gasteiger partial charge in [-0.2, -0.15) is 8.78 Å². The van der Waals surface area contributed by atoms with Crippen molar-refractivity contribution in [2.24, 2.45) is 0 Å². The maximum absolute atomic E-state index is 12.5. The first-order valence-electron chi connectivity index (χ1n) is 4.07. The maximum atomic E-state index is 12.5. The van der Waals surface area contributed by atoms with Crippen molar-refractivity contribution >= 4 is 34.2 Å². The number of nitrogens with one attached hydrogen (secondary N) is 1. The van der Waals surface area contributed by atoms with Gasteiger partial charge < -0.3 is 5.32 Å². The molecule has 0 aliphatic carbocycles. The minimum atomic E-state index is -4.68. The van der Waals surface area contributed by atoms with Crippen molar-refractivity contribution in [1.29, 1.82) is 0 Å². The van der Waals surface area contributed by atoms with Crippen LogP contribution >= 0.6 is 22.6 Å². The second kappa shape index (κ2) is 4.98. The molecule has 7 heteroatoms. The summed E-state index contributed by atoms with van der Waals surface area (Å²) in [6, 6.07) is 5.80. The van der Waals surface area contributed by atoms with Crippen LogP contribution in [0.2, 0.25) is 0 Å². The van der Waals surface area contributed by atoms with Gasteiger partial charge in [0.2, 0.25) is 0 Å². The second-order valence-corrected chi connectivity index (χ2v) is 4.13. The molecule has 0 aliphatic heterocycles. The molecule has 16 heavy (non-hydrogen) atoms. The Bertz CT molecular complexity index is 380. The van der Waals surface area contributed by atoms with Crippen molar-refractivity contribution in [3.63, 3.8) is 0 Å². The standard InChI is InChI=1S/C9H6F4INO/c10-7(11)9(12,13)8(16)15-6-3-1-5(14)2-4-6/h1-4,7H,(H,15,16). The first kappa shape index (κ1) is 13.2. The summed E-state index contributed by atoms with van der Waals surface area (Å²) in [7, 11) is 0. The van der Waals surface area contributed by atoms with Crippen LogP contribution in [-0.4, -0.2) is 18.3 Å². The zero-order valence-electron chi connectivity index (χ0n) is 7.68. The number of carbonyl (C=O) groups excluding carboxylic acids is 1. The number of rotatable bonds is 3. The predicted molar refractivity (Wildman–Crippen MR) is 58.7 cm³/mol. The molecule has 1 N–H and O–H groups in total. The number of amides is 1. The highest BCUT2D eigenvalue weighted by Gasteiger charge is 2.48. The number of hydrogen-bond donors (Lipinski definition) is 1. The predicted octanol–water partition coefficient (Wildman–Crippen LogP) is 3.13. The Kier molecular flexibility index (Phi) is 4.11. The van der Waals surface area contributed by atoms with Gasteiger partial charge in [-0.25, -0.2) is 8.78 Å². The lowest BCUT2D eigenvalue weighted by Gasteiger charge is -2.14. The van der Waals surface area contributed by atoms with Crippen molar-refractivity contribution in [2.45, 2.75) is 12.3 Å². The molecule has 0 aliphatic rings. The van der Waals surface area contributed by atoms with E-state index in [4.69, 9.17) is 0 Å². The Hall–Kier alpha value is -0.860. The smallest absolute Gasteiger partial charge is 0.321 e. The third-order valence-electron chi connectivity index (χ3n) is 1.68. The number of anilines is 1. The first-order chi connectivity index (χ1) is 7.34. The minimum Gasteiger partial charge on any atom is -0.321 e. The van der Waals surface area contributed by atoms with E-state index in [1.807, 2.05) is 22.6 Å². The molecule has 0 bridgehead atoms. The van der Waals surface area contributed by atoms with Crippen LogP contribution in [0.3, 0.4) is 0 Å². The summed E-state index contributed by atoms with van der Waals surface area (Å²) in [6.07, 6.45) is -4.02. The van der Waals surface area contributed by atoms with Crippen LogP contribution in [0, 0.1) is 3.57 Å². The quantitative estimate of drug-likeness (QED) is 0.661. The molecule has 0 unspecified atom stereocenters. The number of carbonyl (C=O) groups is 1. The molecule has 2 nitrogen and oxygen atoms in total. The van der Waals surface area contributed by atoms with Crippen molar-refractivity contribution in [1.82, 2.24) is 0 Å². The van der Waals surface area contributed by atoms with Crippen molar-refractivity contribution < 1.29 is 22.4 Å². The van der Waals surface area contributed by atoms with E-state index in [-0.39, 0.29) is 5.69 Å². The monoisotopic (exact) mass is 347 g/mol. The summed E-state index contributed by atoms with van der Waals surface area (Å²) >= 11 is 1.98. The number of hydrogen-bond acceptors (Lipinski definition) is 1. The van der Waals surface area contributed by atoms with Crippen LogP contribution in [0.5, 0.6) is 0 Å². The molecule has 1 amide bonds. The SMILES string of the molecule is O=C(Nc1ccc(I)cc1)C(F)(F)C(F)F. The molecule has 0 saturated carbocycles. The van der Waals surface area contributed by atoms with Gasteiger partial charge in [0.1, 0.15) is 0 Å². The molecule has 1 rings (SSSR count). The van der Waals surface area contributed by atoms with Crippen LogP contribution in [0.4, 0.5) is 23.2 Å². The van der Waals surface area contributed by atoms with E-state index in [0.717, 1.165) is 3.57 Å². The molecular weight excluding hydrogens is 341 g/mol. The fourth-order valence-corrected chi connectivity index (χ4v) is 1.21. The van der Waals surface area contributed by atoms with Gasteiger partial charge in [-0.3, -0.25) is 4.79 Å². The molecule has 88 valence electrons. The van der Waals surface area contributed by atoms with E-state index in [0.29, 0.717) is 0 Å². The third kappa shape index (κ3) is 3.06. The fourth-order valence-electron chi connectivity index (χ4n) is 0.847. The molecule has 0 aromatic heterocycles. The Morgan fingerprint density at radius 3 is 2.19 bits per heavy atom. The second-order valence-electron chi connectivity index (χ2n) is 2.88. The largest absolute Gasteiger partial charge is 0.383 e. The van der Waals surface area contributed by atoms with Crippen LogP contribution < -0.4 is 5.32 Å². The first-order valence-corrected chi connectivity index (χ1v) is 5.15. The van der Waals surface area contributed by atoms with Gasteiger partial charge in [0.25, 0.3) is 0 Å². The summed E-state index contributed by atoms with van der Waals surface area (Å²) in [6.45, 7) is 0. The molecule has 0 heterocycles. The average molecular weight is 347 g/mol. The van der Waals surface area contributed by atoms with Gasteiger partial charge in [0.05, 0.1) is 0 Å². The Labute approximate surface area is 102 Å². The summed E-state index contributed by atoms with van der Waals surface area (Å²) in [4.78, 5) is 10.8. The molecule has 1 aromatic carbocycles. The Morgan fingerprint density at radius 1 is 1.25 bits per heavy atom. The normalized spacial score (nSPS) is 11.6. The lowest BCUT2D eigenvalue weighted by molar-refractivity contribution is -0.163. The Balaban J connectivity index is 2.75. The van der Waals surface area contributed by atoms with Gasteiger partial charge in [0.15, 0.2) is 0 Å². The molecular formula is C9H6F4INO. The Morgan fingerprint density at radius 2 is 1.75 bits per heavy atom. The maximum Gasteiger partial charge on any atom is 0.383 e. The molecule has 0 atom stereocenters. The number of benzene rings is 1. The van der Waals surface area contributed by atoms with Crippen molar-refractivity contribution in [2.75, 3.05) is 5.32 Å². The average Bonchev–Trinajstić information content (AvgIpc) is 2.21. The zero-order chi connectivity index (χ0) is 12.3. The van der Waals surface area contributed by atoms with Crippen molar-refractivity contribution in [3.05, 3.63) is 27.8 Å². The molecule has 0 radical (unpaired) electrons. The fraction of sp³-hybridized carbons (Fsp3) is 0.222. The minimum absolute atomic E-state index is 0.0470. The number of halogens is 5. The molecule has 0 fully saturated rings.